The number of anilines is 1. The molecule has 1 aromatic carbocycles. The second-order valence-corrected chi connectivity index (χ2v) is 4.14. The van der Waals surface area contributed by atoms with Crippen LogP contribution in [0.15, 0.2) is 48.6 Å². The van der Waals surface area contributed by atoms with Crippen molar-refractivity contribution >= 4 is 17.5 Å². The molecule has 2 amide bonds. The number of nitrogens with one attached hydrogen (secondary N) is 1. The van der Waals surface area contributed by atoms with Crippen molar-refractivity contribution < 1.29 is 14.0 Å². The topological polar surface area (TPSA) is 49.4 Å². The van der Waals surface area contributed by atoms with Crippen LogP contribution in [0.3, 0.4) is 0 Å². The number of hydrogen-bond donors (Lipinski definition) is 1. The van der Waals surface area contributed by atoms with Crippen LogP contribution in [0.25, 0.3) is 0 Å². The molecule has 4 nitrogen and oxygen atoms in total. The minimum atomic E-state index is -0.429. The number of rotatable bonds is 5. The number of hydrogen-bond acceptors (Lipinski definition) is 2. The van der Waals surface area contributed by atoms with Crippen LogP contribution in [-0.2, 0) is 9.59 Å². The molecule has 0 saturated carbocycles. The van der Waals surface area contributed by atoms with Gasteiger partial charge in [0.1, 0.15) is 5.82 Å². The van der Waals surface area contributed by atoms with Crippen LogP contribution in [0.5, 0.6) is 0 Å². The molecule has 0 aliphatic carbocycles. The molecule has 0 bridgehead atoms. The van der Waals surface area contributed by atoms with Crippen molar-refractivity contribution in [1.29, 1.82) is 0 Å². The summed E-state index contributed by atoms with van der Waals surface area (Å²) in [6, 6.07) is 5.58. The van der Waals surface area contributed by atoms with E-state index in [1.807, 2.05) is 6.92 Å². The van der Waals surface area contributed by atoms with Crippen LogP contribution in [0, 0.1) is 5.82 Å². The Balaban J connectivity index is 2.51. The van der Waals surface area contributed by atoms with Crippen molar-refractivity contribution in [3.05, 3.63) is 54.4 Å². The van der Waals surface area contributed by atoms with Gasteiger partial charge in [-0.1, -0.05) is 24.3 Å². The predicted molar refractivity (Wildman–Crippen MR) is 76.6 cm³/mol. The van der Waals surface area contributed by atoms with E-state index in [-0.39, 0.29) is 18.4 Å². The molecule has 0 radical (unpaired) electrons. The van der Waals surface area contributed by atoms with E-state index < -0.39 is 5.82 Å². The molecule has 5 heteroatoms. The maximum Gasteiger partial charge on any atom is 0.246 e. The summed E-state index contributed by atoms with van der Waals surface area (Å²) >= 11 is 0. The van der Waals surface area contributed by atoms with E-state index in [0.717, 1.165) is 0 Å². The van der Waals surface area contributed by atoms with Crippen LogP contribution in [0.4, 0.5) is 10.1 Å². The number of carbonyl (C=O) groups is 2. The molecular formula is C15H17FN2O2. The molecule has 0 aliphatic heterocycles. The van der Waals surface area contributed by atoms with Gasteiger partial charge >= 0.3 is 0 Å². The van der Waals surface area contributed by atoms with E-state index in [0.29, 0.717) is 5.69 Å². The average molecular weight is 276 g/mol. The van der Waals surface area contributed by atoms with Gasteiger partial charge in [-0.2, -0.15) is 0 Å². The summed E-state index contributed by atoms with van der Waals surface area (Å²) in [5.74, 6) is -1.09. The molecule has 1 rings (SSSR count). The lowest BCUT2D eigenvalue weighted by Crippen LogP contribution is -2.33. The lowest BCUT2D eigenvalue weighted by molar-refractivity contribution is -0.129. The first-order valence-corrected chi connectivity index (χ1v) is 6.13. The second-order valence-electron chi connectivity index (χ2n) is 4.14. The predicted octanol–water partition coefficient (Wildman–Crippen LogP) is 2.35. The first kappa shape index (κ1) is 15.6. The maximum absolute atomic E-state index is 12.9. The Morgan fingerprint density at radius 2 is 2.10 bits per heavy atom. The highest BCUT2D eigenvalue weighted by molar-refractivity contribution is 5.96. The maximum atomic E-state index is 12.9. The van der Waals surface area contributed by atoms with Crippen molar-refractivity contribution in [3.63, 3.8) is 0 Å². The molecule has 0 unspecified atom stereocenters. The molecule has 0 aromatic heterocycles. The van der Waals surface area contributed by atoms with Crippen LogP contribution >= 0.6 is 0 Å². The van der Waals surface area contributed by atoms with Gasteiger partial charge in [0.25, 0.3) is 0 Å². The first-order chi connectivity index (χ1) is 9.52. The van der Waals surface area contributed by atoms with E-state index in [1.54, 1.807) is 24.3 Å². The summed E-state index contributed by atoms with van der Waals surface area (Å²) in [6.45, 7) is 1.74. The molecule has 1 N–H and O–H groups in total. The molecule has 0 aliphatic rings. The average Bonchev–Trinajstić information content (AvgIpc) is 2.38. The minimum Gasteiger partial charge on any atom is -0.333 e. The van der Waals surface area contributed by atoms with E-state index in [9.17, 15) is 14.0 Å². The summed E-state index contributed by atoms with van der Waals surface area (Å²) in [6.07, 6.45) is 6.48. The standard InChI is InChI=1S/C15H17FN2O2/c1-3-4-5-9-15(20)18(2)11-14(19)17-13-8-6-7-12(16)10-13/h3-10H,11H2,1-2H3,(H,17,19). The summed E-state index contributed by atoms with van der Waals surface area (Å²) in [5, 5.41) is 2.52. The number of halogens is 1. The Bertz CT molecular complexity index is 538. The van der Waals surface area contributed by atoms with Crippen molar-refractivity contribution in [1.82, 2.24) is 4.90 Å². The van der Waals surface area contributed by atoms with E-state index in [1.165, 1.54) is 36.2 Å². The molecule has 0 saturated heterocycles. The summed E-state index contributed by atoms with van der Waals surface area (Å²) < 4.78 is 12.9. The van der Waals surface area contributed by atoms with Crippen molar-refractivity contribution in [2.24, 2.45) is 0 Å². The first-order valence-electron chi connectivity index (χ1n) is 6.13. The number of carbonyl (C=O) groups excluding carboxylic acids is 2. The number of allylic oxidation sites excluding steroid dienone is 3. The summed E-state index contributed by atoms with van der Waals surface area (Å²) in [5.41, 5.74) is 0.361. The van der Waals surface area contributed by atoms with Gasteiger partial charge in [0.15, 0.2) is 0 Å². The van der Waals surface area contributed by atoms with Crippen LogP contribution in [0.1, 0.15) is 6.92 Å². The molecule has 0 heterocycles. The Labute approximate surface area is 117 Å². The van der Waals surface area contributed by atoms with Crippen LogP contribution in [-0.4, -0.2) is 30.3 Å². The zero-order valence-electron chi connectivity index (χ0n) is 11.5. The Kier molecular flexibility index (Phi) is 6.16. The minimum absolute atomic E-state index is 0.102. The SMILES string of the molecule is CC=CC=CC(=O)N(C)CC(=O)Nc1cccc(F)c1. The summed E-state index contributed by atoms with van der Waals surface area (Å²) in [4.78, 5) is 24.6. The highest BCUT2D eigenvalue weighted by Gasteiger charge is 2.10. The third kappa shape index (κ3) is 5.48. The van der Waals surface area contributed by atoms with Gasteiger partial charge in [0.05, 0.1) is 6.54 Å². The van der Waals surface area contributed by atoms with Gasteiger partial charge in [0, 0.05) is 18.8 Å². The highest BCUT2D eigenvalue weighted by atomic mass is 19.1. The van der Waals surface area contributed by atoms with Crippen LogP contribution in [0.2, 0.25) is 0 Å². The Morgan fingerprint density at radius 3 is 2.75 bits per heavy atom. The smallest absolute Gasteiger partial charge is 0.246 e. The fourth-order valence-corrected chi connectivity index (χ4v) is 1.44. The van der Waals surface area contributed by atoms with Crippen molar-refractivity contribution in [3.8, 4) is 0 Å². The fourth-order valence-electron chi connectivity index (χ4n) is 1.44. The van der Waals surface area contributed by atoms with Crippen molar-refractivity contribution in [2.75, 3.05) is 18.9 Å². The van der Waals surface area contributed by atoms with Crippen molar-refractivity contribution in [2.45, 2.75) is 6.92 Å². The molecular weight excluding hydrogens is 259 g/mol. The number of benzene rings is 1. The fraction of sp³-hybridized carbons (Fsp3) is 0.200. The second kappa shape index (κ2) is 7.89. The zero-order valence-corrected chi connectivity index (χ0v) is 11.5. The third-order valence-corrected chi connectivity index (χ3v) is 2.41. The van der Waals surface area contributed by atoms with Gasteiger partial charge in [0.2, 0.25) is 11.8 Å². The van der Waals surface area contributed by atoms with Gasteiger partial charge in [-0.15, -0.1) is 0 Å². The molecule has 0 atom stereocenters. The van der Waals surface area contributed by atoms with Gasteiger partial charge < -0.3 is 10.2 Å². The van der Waals surface area contributed by atoms with Gasteiger partial charge in [-0.3, -0.25) is 9.59 Å². The van der Waals surface area contributed by atoms with E-state index >= 15 is 0 Å². The monoisotopic (exact) mass is 276 g/mol. The Morgan fingerprint density at radius 1 is 1.35 bits per heavy atom. The molecule has 0 fully saturated rings. The number of likely N-dealkylation sites (N-methyl/N-ethyl adjacent to an activating group) is 1. The number of amides is 2. The third-order valence-electron chi connectivity index (χ3n) is 2.41. The molecule has 20 heavy (non-hydrogen) atoms. The number of nitrogens with zero attached hydrogens (tertiary/aromatic N) is 1. The Hall–Kier alpha value is -2.43. The lowest BCUT2D eigenvalue weighted by Gasteiger charge is -2.14. The molecule has 0 spiro atoms. The molecule has 1 aromatic rings. The zero-order chi connectivity index (χ0) is 15.0. The highest BCUT2D eigenvalue weighted by Crippen LogP contribution is 2.08. The lowest BCUT2D eigenvalue weighted by atomic mass is 10.3. The molecule has 106 valence electrons. The quantitative estimate of drug-likeness (QED) is 0.663. The normalized spacial score (nSPS) is 10.9. The summed E-state index contributed by atoms with van der Waals surface area (Å²) in [7, 11) is 1.52. The van der Waals surface area contributed by atoms with E-state index in [2.05, 4.69) is 5.32 Å². The van der Waals surface area contributed by atoms with Crippen LogP contribution < -0.4 is 5.32 Å². The van der Waals surface area contributed by atoms with Gasteiger partial charge in [-0.05, 0) is 25.1 Å². The largest absolute Gasteiger partial charge is 0.333 e. The van der Waals surface area contributed by atoms with Gasteiger partial charge in [-0.25, -0.2) is 4.39 Å². The van der Waals surface area contributed by atoms with E-state index in [4.69, 9.17) is 0 Å².